The molecule has 0 saturated carbocycles. The summed E-state index contributed by atoms with van der Waals surface area (Å²) < 4.78 is 9.88. The van der Waals surface area contributed by atoms with Crippen LogP contribution in [0.3, 0.4) is 0 Å². The van der Waals surface area contributed by atoms with E-state index in [9.17, 15) is 0 Å². The second-order valence-electron chi connectivity index (χ2n) is 1.61. The zero-order valence-corrected chi connectivity index (χ0v) is 4.57. The molecule has 0 saturated heterocycles. The fourth-order valence-electron chi connectivity index (χ4n) is 0.666. The highest BCUT2D eigenvalue weighted by molar-refractivity contribution is 5.32. The Hall–Kier alpha value is -1.32. The molecule has 0 atom stereocenters. The van der Waals surface area contributed by atoms with Crippen molar-refractivity contribution in [2.45, 2.75) is 0 Å². The van der Waals surface area contributed by atoms with Crippen LogP contribution in [0.25, 0.3) is 0 Å². The van der Waals surface area contributed by atoms with Crippen molar-refractivity contribution >= 4 is 0 Å². The molecule has 0 amide bonds. The number of aromatic nitrogens is 2. The molecule has 1 aliphatic heterocycles. The summed E-state index contributed by atoms with van der Waals surface area (Å²) >= 11 is 0. The summed E-state index contributed by atoms with van der Waals surface area (Å²) in [7, 11) is 0. The van der Waals surface area contributed by atoms with E-state index in [1.807, 2.05) is 0 Å². The van der Waals surface area contributed by atoms with E-state index in [4.69, 9.17) is 9.47 Å². The van der Waals surface area contributed by atoms with Crippen LogP contribution in [0.2, 0.25) is 0 Å². The van der Waals surface area contributed by atoms with E-state index in [1.165, 1.54) is 0 Å². The largest absolute Gasteiger partial charge is 0.452 e. The predicted octanol–water partition coefficient (Wildman–Crippen LogP) is 0.205. The third-order valence-electron chi connectivity index (χ3n) is 1.06. The Morgan fingerprint density at radius 3 is 3.33 bits per heavy atom. The first kappa shape index (κ1) is 4.55. The van der Waals surface area contributed by atoms with Gasteiger partial charge in [0.2, 0.25) is 6.79 Å². The van der Waals surface area contributed by atoms with Crippen molar-refractivity contribution in [2.75, 3.05) is 6.79 Å². The van der Waals surface area contributed by atoms with Crippen molar-refractivity contribution in [2.24, 2.45) is 0 Å². The monoisotopic (exact) mass is 124 g/mol. The lowest BCUT2D eigenvalue weighted by atomic mass is 10.5. The first-order chi connectivity index (χ1) is 4.47. The van der Waals surface area contributed by atoms with Crippen molar-refractivity contribution in [1.29, 1.82) is 0 Å². The van der Waals surface area contributed by atoms with Crippen LogP contribution < -0.4 is 9.47 Å². The Balaban J connectivity index is 2.54. The summed E-state index contributed by atoms with van der Waals surface area (Å²) in [5.74, 6) is 1.16. The molecule has 0 radical (unpaired) electrons. The van der Waals surface area contributed by atoms with Gasteiger partial charge < -0.3 is 9.47 Å². The summed E-state index contributed by atoms with van der Waals surface area (Å²) in [6.07, 6.45) is 1.56. The van der Waals surface area contributed by atoms with Crippen molar-refractivity contribution in [3.63, 3.8) is 0 Å². The van der Waals surface area contributed by atoms with Gasteiger partial charge in [0.1, 0.15) is 0 Å². The van der Waals surface area contributed by atoms with Crippen molar-refractivity contribution in [3.8, 4) is 11.6 Å². The third-order valence-corrected chi connectivity index (χ3v) is 1.06. The zero-order chi connectivity index (χ0) is 6.10. The molecule has 0 unspecified atom stereocenters. The van der Waals surface area contributed by atoms with Crippen LogP contribution in [0, 0.1) is 0 Å². The number of nitrogens with zero attached hydrogens (tertiary/aromatic N) is 2. The van der Waals surface area contributed by atoms with Gasteiger partial charge in [0.25, 0.3) is 5.88 Å². The van der Waals surface area contributed by atoms with Crippen LogP contribution in [0.15, 0.2) is 12.3 Å². The Morgan fingerprint density at radius 2 is 2.44 bits per heavy atom. The highest BCUT2D eigenvalue weighted by Crippen LogP contribution is 2.26. The number of ether oxygens (including phenoxy) is 2. The first-order valence-electron chi connectivity index (χ1n) is 2.54. The molecule has 2 heterocycles. The topological polar surface area (TPSA) is 44.2 Å². The number of rotatable bonds is 0. The summed E-state index contributed by atoms with van der Waals surface area (Å²) in [5.41, 5.74) is 0. The average molecular weight is 124 g/mol. The van der Waals surface area contributed by atoms with Crippen LogP contribution in [-0.2, 0) is 0 Å². The van der Waals surface area contributed by atoms with E-state index in [0.29, 0.717) is 11.6 Å². The molecule has 9 heavy (non-hydrogen) atoms. The maximum Gasteiger partial charge on any atom is 0.279 e. The average Bonchev–Trinajstić information content (AvgIpc) is 2.33. The van der Waals surface area contributed by atoms with Crippen molar-refractivity contribution < 1.29 is 9.47 Å². The van der Waals surface area contributed by atoms with E-state index in [0.717, 1.165) is 0 Å². The quantitative estimate of drug-likeness (QED) is 0.495. The summed E-state index contributed by atoms with van der Waals surface area (Å²) in [6.45, 7) is 0.258. The molecule has 1 aromatic rings. The second-order valence-corrected chi connectivity index (χ2v) is 1.61. The Bertz CT molecular complexity index is 203. The Morgan fingerprint density at radius 1 is 1.44 bits per heavy atom. The molecule has 2 rings (SSSR count). The highest BCUT2D eigenvalue weighted by Gasteiger charge is 2.12. The van der Waals surface area contributed by atoms with Gasteiger partial charge in [-0.2, -0.15) is 5.10 Å². The molecule has 46 valence electrons. The number of fused-ring (bicyclic) bond motifs is 1. The molecule has 0 aliphatic carbocycles. The van der Waals surface area contributed by atoms with Crippen LogP contribution in [0.5, 0.6) is 11.6 Å². The van der Waals surface area contributed by atoms with E-state index < -0.39 is 0 Å². The van der Waals surface area contributed by atoms with Crippen LogP contribution in [0.4, 0.5) is 0 Å². The Labute approximate surface area is 51.4 Å². The smallest absolute Gasteiger partial charge is 0.279 e. The number of hydrogen-bond donors (Lipinski definition) is 0. The van der Waals surface area contributed by atoms with Crippen LogP contribution in [-0.4, -0.2) is 17.0 Å². The molecule has 0 spiro atoms. The molecule has 4 nitrogen and oxygen atoms in total. The predicted molar refractivity (Wildman–Crippen MR) is 28.2 cm³/mol. The SMILES string of the molecule is c1cc2c(nn1)OCO2. The van der Waals surface area contributed by atoms with Gasteiger partial charge in [0.15, 0.2) is 5.75 Å². The fourth-order valence-corrected chi connectivity index (χ4v) is 0.666. The van der Waals surface area contributed by atoms with Crippen molar-refractivity contribution in [3.05, 3.63) is 12.3 Å². The molecule has 0 fully saturated rings. The Kier molecular flexibility index (Phi) is 0.798. The molecule has 0 bridgehead atoms. The van der Waals surface area contributed by atoms with Gasteiger partial charge in [0, 0.05) is 6.07 Å². The van der Waals surface area contributed by atoms with E-state index in [1.54, 1.807) is 12.3 Å². The minimum absolute atomic E-state index is 0.258. The van der Waals surface area contributed by atoms with Crippen molar-refractivity contribution in [1.82, 2.24) is 10.2 Å². The van der Waals surface area contributed by atoms with Crippen LogP contribution >= 0.6 is 0 Å². The van der Waals surface area contributed by atoms with Gasteiger partial charge in [-0.15, -0.1) is 5.10 Å². The molecule has 1 aliphatic rings. The van der Waals surface area contributed by atoms with Gasteiger partial charge in [-0.3, -0.25) is 0 Å². The van der Waals surface area contributed by atoms with E-state index in [2.05, 4.69) is 10.2 Å². The first-order valence-corrected chi connectivity index (χ1v) is 2.54. The van der Waals surface area contributed by atoms with Gasteiger partial charge in [-0.1, -0.05) is 0 Å². The third kappa shape index (κ3) is 0.595. The molecular weight excluding hydrogens is 120 g/mol. The lowest BCUT2D eigenvalue weighted by Crippen LogP contribution is -1.93. The zero-order valence-electron chi connectivity index (χ0n) is 4.57. The second kappa shape index (κ2) is 1.58. The number of hydrogen-bond acceptors (Lipinski definition) is 4. The van der Waals surface area contributed by atoms with Gasteiger partial charge in [0.05, 0.1) is 6.20 Å². The van der Waals surface area contributed by atoms with Gasteiger partial charge in [-0.05, 0) is 0 Å². The van der Waals surface area contributed by atoms with Gasteiger partial charge in [-0.25, -0.2) is 0 Å². The lowest BCUT2D eigenvalue weighted by Gasteiger charge is -1.87. The molecular formula is C5H4N2O2. The fraction of sp³-hybridized carbons (Fsp3) is 0.200. The summed E-state index contributed by atoms with van der Waals surface area (Å²) in [4.78, 5) is 0. The maximum absolute atomic E-state index is 4.97. The van der Waals surface area contributed by atoms with E-state index >= 15 is 0 Å². The molecule has 1 aromatic heterocycles. The molecule has 0 N–H and O–H groups in total. The van der Waals surface area contributed by atoms with Gasteiger partial charge >= 0.3 is 0 Å². The molecule has 0 aromatic carbocycles. The minimum atomic E-state index is 0.258. The minimum Gasteiger partial charge on any atom is -0.452 e. The highest BCUT2D eigenvalue weighted by atomic mass is 16.7. The lowest BCUT2D eigenvalue weighted by molar-refractivity contribution is 0.170. The van der Waals surface area contributed by atoms with Crippen LogP contribution in [0.1, 0.15) is 0 Å². The standard InChI is InChI=1S/C5H4N2O2/c1-2-6-7-5-4(1)8-3-9-5/h1-2H,3H2. The maximum atomic E-state index is 4.97. The summed E-state index contributed by atoms with van der Waals surface area (Å²) in [6, 6.07) is 1.72. The summed E-state index contributed by atoms with van der Waals surface area (Å²) in [5, 5.41) is 7.26. The van der Waals surface area contributed by atoms with E-state index in [-0.39, 0.29) is 6.79 Å². The normalized spacial score (nSPS) is 13.8. The molecule has 4 heteroatoms.